The average Bonchev–Trinajstić information content (AvgIpc) is 3.19. The van der Waals surface area contributed by atoms with E-state index in [4.69, 9.17) is 9.47 Å². The van der Waals surface area contributed by atoms with E-state index in [0.717, 1.165) is 27.1 Å². The predicted molar refractivity (Wildman–Crippen MR) is 133 cm³/mol. The molecule has 0 bridgehead atoms. The first-order chi connectivity index (χ1) is 16.2. The number of thiazole rings is 1. The van der Waals surface area contributed by atoms with Crippen LogP contribution in [0.1, 0.15) is 30.9 Å². The lowest BCUT2D eigenvalue weighted by atomic mass is 9.91. The lowest BCUT2D eigenvalue weighted by molar-refractivity contribution is -0.118. The number of fused-ring (bicyclic) bond motifs is 1. The lowest BCUT2D eigenvalue weighted by Gasteiger charge is -2.14. The molecule has 1 heterocycles. The van der Waals surface area contributed by atoms with Gasteiger partial charge in [0.15, 0.2) is 4.80 Å². The summed E-state index contributed by atoms with van der Waals surface area (Å²) in [5.74, 6) is 0.130. The van der Waals surface area contributed by atoms with Crippen molar-refractivity contribution in [2.45, 2.75) is 26.3 Å². The van der Waals surface area contributed by atoms with Gasteiger partial charge in [-0.25, -0.2) is 0 Å². The Hall–Kier alpha value is -3.22. The molecule has 1 amide bonds. The largest absolute Gasteiger partial charge is 0.492 e. The zero-order valence-corrected chi connectivity index (χ0v) is 19.8. The normalized spacial score (nSPS) is 11.9. The van der Waals surface area contributed by atoms with Crippen molar-refractivity contribution in [3.63, 3.8) is 0 Å². The van der Waals surface area contributed by atoms with E-state index in [1.54, 1.807) is 0 Å². The molecule has 3 aromatic carbocycles. The number of para-hydroxylation sites is 1. The third kappa shape index (κ3) is 5.24. The SMILES string of the molecule is CCOCCn1c(=NC(=O)C(c2ccccc2)c2ccccc2)sc2cccc(OCC)c21. The van der Waals surface area contributed by atoms with Crippen molar-refractivity contribution in [3.8, 4) is 5.75 Å². The van der Waals surface area contributed by atoms with Crippen LogP contribution in [0.25, 0.3) is 10.2 Å². The molecule has 0 aliphatic heterocycles. The summed E-state index contributed by atoms with van der Waals surface area (Å²) in [7, 11) is 0. The van der Waals surface area contributed by atoms with Crippen LogP contribution in [0.4, 0.5) is 0 Å². The number of hydrogen-bond acceptors (Lipinski definition) is 4. The van der Waals surface area contributed by atoms with Crippen LogP contribution in [0.15, 0.2) is 83.9 Å². The zero-order valence-electron chi connectivity index (χ0n) is 18.9. The van der Waals surface area contributed by atoms with Gasteiger partial charge in [0, 0.05) is 13.2 Å². The van der Waals surface area contributed by atoms with Crippen molar-refractivity contribution < 1.29 is 14.3 Å². The van der Waals surface area contributed by atoms with Crippen LogP contribution < -0.4 is 9.54 Å². The summed E-state index contributed by atoms with van der Waals surface area (Å²) < 4.78 is 14.6. The Morgan fingerprint density at radius 3 is 2.18 bits per heavy atom. The predicted octanol–water partition coefficient (Wildman–Crippen LogP) is 5.40. The van der Waals surface area contributed by atoms with E-state index in [1.165, 1.54) is 11.3 Å². The highest BCUT2D eigenvalue weighted by Gasteiger charge is 2.23. The second-order valence-corrected chi connectivity index (χ2v) is 8.48. The number of aromatic nitrogens is 1. The van der Waals surface area contributed by atoms with Gasteiger partial charge in [-0.3, -0.25) is 4.79 Å². The number of rotatable bonds is 9. The molecular weight excluding hydrogens is 432 g/mol. The maximum atomic E-state index is 13.6. The fraction of sp³-hybridized carbons (Fsp3) is 0.259. The summed E-state index contributed by atoms with van der Waals surface area (Å²) in [6.45, 7) is 6.26. The van der Waals surface area contributed by atoms with Crippen LogP contribution in [-0.4, -0.2) is 30.3 Å². The molecule has 0 N–H and O–H groups in total. The first-order valence-corrected chi connectivity index (χ1v) is 12.1. The number of carbonyl (C=O) groups excluding carboxylic acids is 1. The highest BCUT2D eigenvalue weighted by atomic mass is 32.1. The van der Waals surface area contributed by atoms with Gasteiger partial charge in [-0.1, -0.05) is 78.1 Å². The number of hydrogen-bond donors (Lipinski definition) is 0. The van der Waals surface area contributed by atoms with E-state index in [1.807, 2.05) is 97.3 Å². The van der Waals surface area contributed by atoms with Crippen molar-refractivity contribution in [3.05, 3.63) is 94.8 Å². The molecule has 170 valence electrons. The minimum atomic E-state index is -0.468. The Kier molecular flexibility index (Phi) is 7.70. The molecule has 0 saturated carbocycles. The van der Waals surface area contributed by atoms with E-state index in [-0.39, 0.29) is 5.91 Å². The van der Waals surface area contributed by atoms with E-state index in [9.17, 15) is 4.79 Å². The van der Waals surface area contributed by atoms with Gasteiger partial charge in [0.25, 0.3) is 5.91 Å². The summed E-state index contributed by atoms with van der Waals surface area (Å²) in [6, 6.07) is 25.6. The number of nitrogens with zero attached hydrogens (tertiary/aromatic N) is 2. The molecule has 0 aliphatic carbocycles. The van der Waals surface area contributed by atoms with Crippen molar-refractivity contribution >= 4 is 27.5 Å². The summed E-state index contributed by atoms with van der Waals surface area (Å²) >= 11 is 1.50. The van der Waals surface area contributed by atoms with Gasteiger partial charge in [-0.05, 0) is 37.1 Å². The van der Waals surface area contributed by atoms with E-state index < -0.39 is 5.92 Å². The minimum absolute atomic E-state index is 0.193. The molecular formula is C27H28N2O3S. The fourth-order valence-electron chi connectivity index (χ4n) is 3.89. The number of carbonyl (C=O) groups is 1. The summed E-state index contributed by atoms with van der Waals surface area (Å²) in [5, 5.41) is 0. The number of benzene rings is 3. The molecule has 0 spiro atoms. The highest BCUT2D eigenvalue weighted by molar-refractivity contribution is 7.16. The van der Waals surface area contributed by atoms with Gasteiger partial charge >= 0.3 is 0 Å². The Bertz CT molecular complexity index is 1220. The topological polar surface area (TPSA) is 52.8 Å². The molecule has 0 fully saturated rings. The molecule has 33 heavy (non-hydrogen) atoms. The Labute approximate surface area is 198 Å². The fourth-order valence-corrected chi connectivity index (χ4v) is 4.97. The smallest absolute Gasteiger partial charge is 0.260 e. The van der Waals surface area contributed by atoms with Gasteiger partial charge in [-0.2, -0.15) is 4.99 Å². The van der Waals surface area contributed by atoms with E-state index in [0.29, 0.717) is 31.2 Å². The molecule has 6 heteroatoms. The molecule has 4 aromatic rings. The van der Waals surface area contributed by atoms with E-state index >= 15 is 0 Å². The third-order valence-electron chi connectivity index (χ3n) is 5.35. The monoisotopic (exact) mass is 460 g/mol. The van der Waals surface area contributed by atoms with Crippen LogP contribution in [0.5, 0.6) is 5.75 Å². The molecule has 0 saturated heterocycles. The maximum Gasteiger partial charge on any atom is 0.260 e. The maximum absolute atomic E-state index is 13.6. The quantitative estimate of drug-likeness (QED) is 0.314. The highest BCUT2D eigenvalue weighted by Crippen LogP contribution is 2.29. The Balaban J connectivity index is 1.84. The first-order valence-electron chi connectivity index (χ1n) is 11.2. The van der Waals surface area contributed by atoms with Crippen molar-refractivity contribution in [1.29, 1.82) is 0 Å². The second-order valence-electron chi connectivity index (χ2n) is 7.47. The van der Waals surface area contributed by atoms with Gasteiger partial charge < -0.3 is 14.0 Å². The molecule has 0 unspecified atom stereocenters. The number of amides is 1. The van der Waals surface area contributed by atoms with Crippen molar-refractivity contribution in [2.75, 3.05) is 19.8 Å². The standard InChI is InChI=1S/C27H28N2O3S/c1-3-31-19-18-29-25-22(32-4-2)16-11-17-23(25)33-27(29)28-26(30)24(20-12-7-5-8-13-20)21-14-9-6-10-15-21/h5-17,24H,3-4,18-19H2,1-2H3. The second kappa shape index (κ2) is 11.1. The molecule has 0 aliphatic rings. The van der Waals surface area contributed by atoms with Crippen LogP contribution in [-0.2, 0) is 16.1 Å². The number of ether oxygens (including phenoxy) is 2. The summed E-state index contributed by atoms with van der Waals surface area (Å²) in [5.41, 5.74) is 2.80. The van der Waals surface area contributed by atoms with Gasteiger partial charge in [0.05, 0.1) is 23.8 Å². The lowest BCUT2D eigenvalue weighted by Crippen LogP contribution is -2.22. The molecule has 4 rings (SSSR count). The minimum Gasteiger partial charge on any atom is -0.492 e. The van der Waals surface area contributed by atoms with Crippen LogP contribution in [0.3, 0.4) is 0 Å². The van der Waals surface area contributed by atoms with Gasteiger partial charge in [0.1, 0.15) is 11.3 Å². The molecule has 0 atom stereocenters. The summed E-state index contributed by atoms with van der Waals surface area (Å²) in [6.07, 6.45) is 0. The van der Waals surface area contributed by atoms with Crippen LogP contribution in [0, 0.1) is 0 Å². The van der Waals surface area contributed by atoms with Gasteiger partial charge in [0.2, 0.25) is 0 Å². The Morgan fingerprint density at radius 2 is 1.58 bits per heavy atom. The van der Waals surface area contributed by atoms with Crippen molar-refractivity contribution in [1.82, 2.24) is 4.57 Å². The van der Waals surface area contributed by atoms with Gasteiger partial charge in [-0.15, -0.1) is 0 Å². The third-order valence-corrected chi connectivity index (χ3v) is 6.39. The molecule has 5 nitrogen and oxygen atoms in total. The van der Waals surface area contributed by atoms with Crippen LogP contribution in [0.2, 0.25) is 0 Å². The van der Waals surface area contributed by atoms with E-state index in [2.05, 4.69) is 4.99 Å². The molecule has 1 aromatic heterocycles. The molecule has 0 radical (unpaired) electrons. The summed E-state index contributed by atoms with van der Waals surface area (Å²) in [4.78, 5) is 19.0. The van der Waals surface area contributed by atoms with Crippen molar-refractivity contribution in [2.24, 2.45) is 4.99 Å². The van der Waals surface area contributed by atoms with Crippen LogP contribution >= 0.6 is 11.3 Å². The average molecular weight is 461 g/mol. The Morgan fingerprint density at radius 1 is 0.909 bits per heavy atom. The zero-order chi connectivity index (χ0) is 23.0. The first kappa shape index (κ1) is 23.0.